The molecule has 0 bridgehead atoms. The van der Waals surface area contributed by atoms with Gasteiger partial charge in [-0.2, -0.15) is 0 Å². The number of aryl methyl sites for hydroxylation is 2. The summed E-state index contributed by atoms with van der Waals surface area (Å²) in [5.41, 5.74) is 3.06. The lowest BCUT2D eigenvalue weighted by Gasteiger charge is -2.06. The molecule has 1 amide bonds. The van der Waals surface area contributed by atoms with E-state index >= 15 is 0 Å². The van der Waals surface area contributed by atoms with Crippen LogP contribution in [0.1, 0.15) is 59.1 Å². The van der Waals surface area contributed by atoms with E-state index in [-0.39, 0.29) is 17.7 Å². The molecular formula is C25H29FN2O3S. The van der Waals surface area contributed by atoms with E-state index in [0.29, 0.717) is 10.6 Å². The molecule has 5 nitrogen and oxygen atoms in total. The fraction of sp³-hybridized carbons (Fsp3) is 0.320. The van der Waals surface area contributed by atoms with Crippen molar-refractivity contribution in [1.29, 1.82) is 0 Å². The molecule has 0 spiro atoms. The Morgan fingerprint density at radius 3 is 2.41 bits per heavy atom. The van der Waals surface area contributed by atoms with Crippen LogP contribution < -0.4 is 5.32 Å². The number of aromatic nitrogens is 1. The lowest BCUT2D eigenvalue weighted by atomic mass is 10.0. The number of amides is 1. The van der Waals surface area contributed by atoms with Gasteiger partial charge in [-0.25, -0.2) is 4.39 Å². The number of phenols is 1. The number of benzene rings is 1. The Hall–Kier alpha value is -3.06. The second kappa shape index (κ2) is 12.7. The Balaban J connectivity index is 0.000000380. The molecule has 0 atom stereocenters. The molecule has 3 aromatic rings. The minimum Gasteiger partial charge on any atom is -0.508 e. The van der Waals surface area contributed by atoms with Gasteiger partial charge in [-0.05, 0) is 54.2 Å². The molecule has 0 aliphatic rings. The number of rotatable bonds is 8. The highest BCUT2D eigenvalue weighted by molar-refractivity contribution is 7.16. The van der Waals surface area contributed by atoms with Gasteiger partial charge < -0.3 is 10.4 Å². The normalized spacial score (nSPS) is 10.2. The minimum atomic E-state index is -0.632. The standard InChI is InChI=1S/C18H20FNO3S.C7H9N/c1-3-5-13-14(10-21)18(24-16(13)4-2)20-17(23)8-11-6-7-12(22)9-15(11)19;1-2-7-3-5-8-6-4-7/h6-7,9-10,22H,3-5,8H2,1-2H3,(H,20,23);3-6H,2H2,1H3. The summed E-state index contributed by atoms with van der Waals surface area (Å²) in [5, 5.41) is 12.5. The van der Waals surface area contributed by atoms with E-state index < -0.39 is 11.7 Å². The minimum absolute atomic E-state index is 0.160. The molecule has 0 unspecified atom stereocenters. The first-order valence-electron chi connectivity index (χ1n) is 10.7. The molecule has 0 fully saturated rings. The zero-order valence-electron chi connectivity index (χ0n) is 18.7. The van der Waals surface area contributed by atoms with Crippen LogP contribution in [0.3, 0.4) is 0 Å². The molecule has 0 radical (unpaired) electrons. The quantitative estimate of drug-likeness (QED) is 0.423. The molecule has 1 aromatic carbocycles. The van der Waals surface area contributed by atoms with Crippen LogP contribution >= 0.6 is 11.3 Å². The van der Waals surface area contributed by atoms with Crippen LogP contribution in [-0.4, -0.2) is 22.3 Å². The van der Waals surface area contributed by atoms with E-state index in [2.05, 4.69) is 17.2 Å². The van der Waals surface area contributed by atoms with Gasteiger partial charge in [-0.15, -0.1) is 11.3 Å². The van der Waals surface area contributed by atoms with Crippen molar-refractivity contribution >= 4 is 28.5 Å². The van der Waals surface area contributed by atoms with Crippen LogP contribution in [0.15, 0.2) is 42.7 Å². The highest BCUT2D eigenvalue weighted by Gasteiger charge is 2.18. The van der Waals surface area contributed by atoms with Crippen molar-refractivity contribution in [3.05, 3.63) is 75.7 Å². The number of pyridine rings is 1. The Morgan fingerprint density at radius 1 is 1.16 bits per heavy atom. The second-order valence-electron chi connectivity index (χ2n) is 7.18. The third kappa shape index (κ3) is 6.99. The van der Waals surface area contributed by atoms with Crippen LogP contribution in [0, 0.1) is 5.82 Å². The third-order valence-electron chi connectivity index (χ3n) is 4.87. The van der Waals surface area contributed by atoms with Crippen molar-refractivity contribution in [2.75, 3.05) is 5.32 Å². The first-order chi connectivity index (χ1) is 15.4. The number of anilines is 1. The van der Waals surface area contributed by atoms with Crippen LogP contribution in [0.2, 0.25) is 0 Å². The number of aromatic hydroxyl groups is 1. The molecular weight excluding hydrogens is 427 g/mol. The van der Waals surface area contributed by atoms with Gasteiger partial charge >= 0.3 is 0 Å². The topological polar surface area (TPSA) is 79.3 Å². The summed E-state index contributed by atoms with van der Waals surface area (Å²) >= 11 is 1.40. The Kier molecular flexibility index (Phi) is 10.0. The summed E-state index contributed by atoms with van der Waals surface area (Å²) < 4.78 is 13.7. The fourth-order valence-electron chi connectivity index (χ4n) is 3.20. The van der Waals surface area contributed by atoms with Crippen molar-refractivity contribution in [3.8, 4) is 5.75 Å². The van der Waals surface area contributed by atoms with Crippen molar-refractivity contribution in [3.63, 3.8) is 0 Å². The first-order valence-corrected chi connectivity index (χ1v) is 11.5. The highest BCUT2D eigenvalue weighted by atomic mass is 32.1. The predicted octanol–water partition coefficient (Wildman–Crippen LogP) is 5.75. The second-order valence-corrected chi connectivity index (χ2v) is 8.28. The van der Waals surface area contributed by atoms with Gasteiger partial charge in [0.2, 0.25) is 5.91 Å². The van der Waals surface area contributed by atoms with Gasteiger partial charge in [-0.3, -0.25) is 14.6 Å². The Labute approximate surface area is 192 Å². The summed E-state index contributed by atoms with van der Waals surface area (Å²) in [7, 11) is 0. The molecule has 0 saturated carbocycles. The van der Waals surface area contributed by atoms with Gasteiger partial charge in [-0.1, -0.05) is 33.3 Å². The molecule has 3 rings (SSSR count). The maximum absolute atomic E-state index is 13.7. The van der Waals surface area contributed by atoms with E-state index in [1.54, 1.807) is 0 Å². The number of carbonyl (C=O) groups excluding carboxylic acids is 2. The Morgan fingerprint density at radius 2 is 1.88 bits per heavy atom. The predicted molar refractivity (Wildman–Crippen MR) is 127 cm³/mol. The van der Waals surface area contributed by atoms with Gasteiger partial charge in [0.05, 0.1) is 12.0 Å². The fourth-order valence-corrected chi connectivity index (χ4v) is 4.37. The van der Waals surface area contributed by atoms with Crippen LogP contribution in [0.5, 0.6) is 5.75 Å². The first kappa shape index (κ1) is 25.2. The van der Waals surface area contributed by atoms with Crippen molar-refractivity contribution in [1.82, 2.24) is 4.98 Å². The van der Waals surface area contributed by atoms with Gasteiger partial charge in [0.1, 0.15) is 16.6 Å². The lowest BCUT2D eigenvalue weighted by molar-refractivity contribution is -0.115. The van der Waals surface area contributed by atoms with Gasteiger partial charge in [0, 0.05) is 23.3 Å². The average molecular weight is 457 g/mol. The van der Waals surface area contributed by atoms with E-state index in [4.69, 9.17) is 0 Å². The number of phenolic OH excluding ortho intramolecular Hbond substituents is 1. The number of aldehydes is 1. The zero-order valence-corrected chi connectivity index (χ0v) is 19.5. The monoisotopic (exact) mass is 456 g/mol. The van der Waals surface area contributed by atoms with Crippen molar-refractivity contribution in [2.45, 2.75) is 52.9 Å². The SMILES string of the molecule is CCCc1c(CC)sc(NC(=O)Cc2ccc(O)cc2F)c1C=O.CCc1ccncc1. The Bertz CT molecular complexity index is 1040. The number of hydrogen-bond donors (Lipinski definition) is 2. The largest absolute Gasteiger partial charge is 0.508 e. The van der Waals surface area contributed by atoms with Gasteiger partial charge in [0.25, 0.3) is 0 Å². The number of carbonyl (C=O) groups is 2. The van der Waals surface area contributed by atoms with Crippen LogP contribution in [-0.2, 0) is 30.5 Å². The number of halogens is 1. The summed E-state index contributed by atoms with van der Waals surface area (Å²) in [6.45, 7) is 6.18. The molecule has 170 valence electrons. The molecule has 0 saturated heterocycles. The maximum Gasteiger partial charge on any atom is 0.229 e. The van der Waals surface area contributed by atoms with Gasteiger partial charge in [0.15, 0.2) is 6.29 Å². The zero-order chi connectivity index (χ0) is 23.5. The lowest BCUT2D eigenvalue weighted by Crippen LogP contribution is -2.15. The number of nitrogens with one attached hydrogen (secondary N) is 1. The highest BCUT2D eigenvalue weighted by Crippen LogP contribution is 2.34. The molecule has 0 aliphatic carbocycles. The van der Waals surface area contributed by atoms with Crippen LogP contribution in [0.4, 0.5) is 9.39 Å². The summed E-state index contributed by atoms with van der Waals surface area (Å²) in [6.07, 6.45) is 7.85. The molecule has 2 N–H and O–H groups in total. The summed E-state index contributed by atoms with van der Waals surface area (Å²) in [6, 6.07) is 7.74. The molecule has 32 heavy (non-hydrogen) atoms. The van der Waals surface area contributed by atoms with E-state index in [1.165, 1.54) is 29.0 Å². The summed E-state index contributed by atoms with van der Waals surface area (Å²) in [5.74, 6) is -1.21. The molecule has 2 aromatic heterocycles. The van der Waals surface area contributed by atoms with E-state index in [0.717, 1.165) is 48.5 Å². The summed E-state index contributed by atoms with van der Waals surface area (Å²) in [4.78, 5) is 28.6. The average Bonchev–Trinajstić information content (AvgIpc) is 3.12. The number of nitrogens with zero attached hydrogens (tertiary/aromatic N) is 1. The smallest absolute Gasteiger partial charge is 0.229 e. The maximum atomic E-state index is 13.7. The van der Waals surface area contributed by atoms with E-state index in [9.17, 15) is 19.1 Å². The molecule has 2 heterocycles. The van der Waals surface area contributed by atoms with E-state index in [1.807, 2.05) is 38.4 Å². The molecule has 0 aliphatic heterocycles. The third-order valence-corrected chi connectivity index (χ3v) is 6.18. The van der Waals surface area contributed by atoms with Crippen molar-refractivity contribution in [2.24, 2.45) is 0 Å². The van der Waals surface area contributed by atoms with Crippen LogP contribution in [0.25, 0.3) is 0 Å². The number of thiophene rings is 1. The number of hydrogen-bond acceptors (Lipinski definition) is 5. The molecule has 7 heteroatoms. The van der Waals surface area contributed by atoms with Crippen molar-refractivity contribution < 1.29 is 19.1 Å².